The quantitative estimate of drug-likeness (QED) is 0.826. The summed E-state index contributed by atoms with van der Waals surface area (Å²) >= 11 is 0. The predicted octanol–water partition coefficient (Wildman–Crippen LogP) is 3.31. The van der Waals surface area contributed by atoms with Crippen LogP contribution in [0.5, 0.6) is 0 Å². The van der Waals surface area contributed by atoms with Gasteiger partial charge in [0.2, 0.25) is 0 Å². The molecule has 0 spiro atoms. The number of nitrogens with zero attached hydrogens (tertiary/aromatic N) is 1. The average molecular weight is 207 g/mol. The molecule has 0 saturated carbocycles. The molecule has 3 heteroatoms. The summed E-state index contributed by atoms with van der Waals surface area (Å²) in [5.74, 6) is 0.328. The Morgan fingerprint density at radius 2 is 2.00 bits per heavy atom. The minimum absolute atomic E-state index is 0.328. The summed E-state index contributed by atoms with van der Waals surface area (Å²) in [4.78, 5) is 12.4. The van der Waals surface area contributed by atoms with Gasteiger partial charge in [0.15, 0.2) is 0 Å². The van der Waals surface area contributed by atoms with Crippen LogP contribution in [0.3, 0.4) is 0 Å². The molecule has 0 aliphatic rings. The fraction of sp³-hybridized carbons (Fsp3) is 0.417. The van der Waals surface area contributed by atoms with Gasteiger partial charge in [0, 0.05) is 6.54 Å². The van der Waals surface area contributed by atoms with E-state index < -0.39 is 6.09 Å². The second kappa shape index (κ2) is 4.82. The van der Waals surface area contributed by atoms with Crippen molar-refractivity contribution in [2.45, 2.75) is 26.7 Å². The number of carbonyl (C=O) groups is 1. The van der Waals surface area contributed by atoms with Crippen LogP contribution in [-0.4, -0.2) is 17.7 Å². The lowest BCUT2D eigenvalue weighted by atomic mass is 10.0. The largest absolute Gasteiger partial charge is 0.465 e. The zero-order chi connectivity index (χ0) is 11.4. The molecule has 0 aliphatic carbocycles. The Labute approximate surface area is 90.3 Å². The summed E-state index contributed by atoms with van der Waals surface area (Å²) in [5.41, 5.74) is 1.87. The second-order valence-corrected chi connectivity index (χ2v) is 3.74. The van der Waals surface area contributed by atoms with Crippen LogP contribution in [0.15, 0.2) is 24.3 Å². The zero-order valence-corrected chi connectivity index (χ0v) is 9.40. The second-order valence-electron chi connectivity index (χ2n) is 3.74. The van der Waals surface area contributed by atoms with Gasteiger partial charge < -0.3 is 5.11 Å². The topological polar surface area (TPSA) is 40.5 Å². The van der Waals surface area contributed by atoms with Gasteiger partial charge in [-0.3, -0.25) is 4.90 Å². The van der Waals surface area contributed by atoms with Gasteiger partial charge in [-0.05, 0) is 24.5 Å². The molecule has 0 radical (unpaired) electrons. The molecule has 15 heavy (non-hydrogen) atoms. The summed E-state index contributed by atoms with van der Waals surface area (Å²) in [5, 5.41) is 9.06. The van der Waals surface area contributed by atoms with Gasteiger partial charge in [-0.1, -0.05) is 32.0 Å². The molecule has 1 N–H and O–H groups in total. The maximum atomic E-state index is 11.0. The first-order chi connectivity index (χ1) is 7.07. The molecule has 0 bridgehead atoms. The van der Waals surface area contributed by atoms with Gasteiger partial charge >= 0.3 is 6.09 Å². The normalized spacial score (nSPS) is 10.4. The molecule has 0 fully saturated rings. The van der Waals surface area contributed by atoms with Crippen LogP contribution >= 0.6 is 0 Å². The number of anilines is 1. The van der Waals surface area contributed by atoms with Crippen molar-refractivity contribution in [3.05, 3.63) is 29.8 Å². The van der Waals surface area contributed by atoms with E-state index in [-0.39, 0.29) is 0 Å². The Kier molecular flexibility index (Phi) is 3.72. The Balaban J connectivity index is 3.16. The third-order valence-corrected chi connectivity index (χ3v) is 2.40. The number of amides is 1. The summed E-state index contributed by atoms with van der Waals surface area (Å²) in [6.07, 6.45) is -0.898. The molecule has 1 aromatic carbocycles. The number of benzene rings is 1. The summed E-state index contributed by atoms with van der Waals surface area (Å²) in [7, 11) is 0. The maximum absolute atomic E-state index is 11.0. The first kappa shape index (κ1) is 11.6. The summed E-state index contributed by atoms with van der Waals surface area (Å²) in [6.45, 7) is 6.44. The highest BCUT2D eigenvalue weighted by Gasteiger charge is 2.16. The van der Waals surface area contributed by atoms with Crippen LogP contribution < -0.4 is 4.90 Å². The molecular weight excluding hydrogens is 190 g/mol. The lowest BCUT2D eigenvalue weighted by Crippen LogP contribution is -2.29. The van der Waals surface area contributed by atoms with E-state index in [1.807, 2.05) is 31.2 Å². The SMILES string of the molecule is CCN(C(=O)O)c1ccccc1C(C)C. The van der Waals surface area contributed by atoms with Crippen LogP contribution in [0.2, 0.25) is 0 Å². The van der Waals surface area contributed by atoms with Gasteiger partial charge in [-0.2, -0.15) is 0 Å². The molecule has 0 atom stereocenters. The molecule has 0 saturated heterocycles. The number of para-hydroxylation sites is 1. The highest BCUT2D eigenvalue weighted by atomic mass is 16.4. The van der Waals surface area contributed by atoms with Crippen molar-refractivity contribution in [3.63, 3.8) is 0 Å². The Hall–Kier alpha value is -1.51. The van der Waals surface area contributed by atoms with Crippen molar-refractivity contribution < 1.29 is 9.90 Å². The van der Waals surface area contributed by atoms with Crippen molar-refractivity contribution in [1.82, 2.24) is 0 Å². The third-order valence-electron chi connectivity index (χ3n) is 2.40. The van der Waals surface area contributed by atoms with E-state index in [9.17, 15) is 4.79 Å². The maximum Gasteiger partial charge on any atom is 0.411 e. The van der Waals surface area contributed by atoms with E-state index in [1.165, 1.54) is 4.90 Å². The standard InChI is InChI=1S/C12H17NO2/c1-4-13(12(14)15)11-8-6-5-7-10(11)9(2)3/h5-9H,4H2,1-3H3,(H,14,15). The number of carboxylic acid groups (broad SMARTS) is 1. The molecule has 0 aliphatic heterocycles. The van der Waals surface area contributed by atoms with Crippen molar-refractivity contribution in [2.24, 2.45) is 0 Å². The molecular formula is C12H17NO2. The molecule has 0 unspecified atom stereocenters. The number of hydrogen-bond acceptors (Lipinski definition) is 1. The summed E-state index contributed by atoms with van der Waals surface area (Å²) < 4.78 is 0. The lowest BCUT2D eigenvalue weighted by molar-refractivity contribution is 0.202. The van der Waals surface area contributed by atoms with Gasteiger partial charge in [0.1, 0.15) is 0 Å². The highest BCUT2D eigenvalue weighted by molar-refractivity contribution is 5.87. The average Bonchev–Trinajstić information content (AvgIpc) is 2.18. The van der Waals surface area contributed by atoms with Gasteiger partial charge in [0.05, 0.1) is 5.69 Å². The predicted molar refractivity (Wildman–Crippen MR) is 61.6 cm³/mol. The van der Waals surface area contributed by atoms with Crippen molar-refractivity contribution in [1.29, 1.82) is 0 Å². The molecule has 1 amide bonds. The van der Waals surface area contributed by atoms with Crippen LogP contribution in [0.1, 0.15) is 32.3 Å². The van der Waals surface area contributed by atoms with E-state index >= 15 is 0 Å². The van der Waals surface area contributed by atoms with Crippen molar-refractivity contribution in [2.75, 3.05) is 11.4 Å². The minimum atomic E-state index is -0.898. The first-order valence-electron chi connectivity index (χ1n) is 5.17. The van der Waals surface area contributed by atoms with Crippen molar-refractivity contribution in [3.8, 4) is 0 Å². The number of hydrogen-bond donors (Lipinski definition) is 1. The van der Waals surface area contributed by atoms with E-state index in [4.69, 9.17) is 5.11 Å². The minimum Gasteiger partial charge on any atom is -0.465 e. The van der Waals surface area contributed by atoms with Gasteiger partial charge in [-0.25, -0.2) is 4.79 Å². The van der Waals surface area contributed by atoms with E-state index in [2.05, 4.69) is 13.8 Å². The smallest absolute Gasteiger partial charge is 0.411 e. The van der Waals surface area contributed by atoms with Gasteiger partial charge in [0.25, 0.3) is 0 Å². The van der Waals surface area contributed by atoms with Crippen LogP contribution in [-0.2, 0) is 0 Å². The first-order valence-corrected chi connectivity index (χ1v) is 5.17. The monoisotopic (exact) mass is 207 g/mol. The molecule has 0 heterocycles. The fourth-order valence-corrected chi connectivity index (χ4v) is 1.63. The molecule has 1 rings (SSSR count). The Morgan fingerprint density at radius 3 is 2.47 bits per heavy atom. The van der Waals surface area contributed by atoms with Crippen LogP contribution in [0.25, 0.3) is 0 Å². The Bertz CT molecular complexity index is 347. The molecule has 82 valence electrons. The van der Waals surface area contributed by atoms with E-state index in [0.717, 1.165) is 11.3 Å². The Morgan fingerprint density at radius 1 is 1.40 bits per heavy atom. The fourth-order valence-electron chi connectivity index (χ4n) is 1.63. The van der Waals surface area contributed by atoms with E-state index in [0.29, 0.717) is 12.5 Å². The van der Waals surface area contributed by atoms with Crippen LogP contribution in [0.4, 0.5) is 10.5 Å². The lowest BCUT2D eigenvalue weighted by Gasteiger charge is -2.22. The van der Waals surface area contributed by atoms with Crippen molar-refractivity contribution >= 4 is 11.8 Å². The van der Waals surface area contributed by atoms with Crippen LogP contribution in [0, 0.1) is 0 Å². The molecule has 3 nitrogen and oxygen atoms in total. The zero-order valence-electron chi connectivity index (χ0n) is 9.40. The highest BCUT2D eigenvalue weighted by Crippen LogP contribution is 2.27. The molecule has 1 aromatic rings. The summed E-state index contributed by atoms with van der Waals surface area (Å²) in [6, 6.07) is 7.64. The van der Waals surface area contributed by atoms with E-state index in [1.54, 1.807) is 0 Å². The number of rotatable bonds is 3. The third kappa shape index (κ3) is 2.49. The van der Waals surface area contributed by atoms with Gasteiger partial charge in [-0.15, -0.1) is 0 Å². The molecule has 0 aromatic heterocycles.